The molecule has 0 saturated carbocycles. The van der Waals surface area contributed by atoms with Gasteiger partial charge in [-0.2, -0.15) is 0 Å². The van der Waals surface area contributed by atoms with Crippen LogP contribution in [0.15, 0.2) is 24.3 Å². The van der Waals surface area contributed by atoms with Crippen LogP contribution < -0.4 is 5.32 Å². The smallest absolute Gasteiger partial charge is 0.322 e. The number of carbonyl (C=O) groups is 2. The number of hydrogen-bond donors (Lipinski definition) is 3. The summed E-state index contributed by atoms with van der Waals surface area (Å²) in [6.45, 7) is 3.95. The van der Waals surface area contributed by atoms with Crippen molar-refractivity contribution in [2.45, 2.75) is 32.7 Å². The van der Waals surface area contributed by atoms with E-state index in [0.717, 1.165) is 5.56 Å². The molecule has 0 radical (unpaired) electrons. The first-order valence-electron chi connectivity index (χ1n) is 6.93. The van der Waals surface area contributed by atoms with Gasteiger partial charge in [0.05, 0.1) is 6.61 Å². The summed E-state index contributed by atoms with van der Waals surface area (Å²) in [5, 5.41) is 20.4. The van der Waals surface area contributed by atoms with E-state index in [2.05, 4.69) is 5.32 Å². The van der Waals surface area contributed by atoms with E-state index < -0.39 is 5.97 Å². The van der Waals surface area contributed by atoms with Gasteiger partial charge >= 0.3 is 12.0 Å². The Bertz CT molecular complexity index is 471. The lowest BCUT2D eigenvalue weighted by Crippen LogP contribution is -2.41. The maximum atomic E-state index is 12.1. The monoisotopic (exact) mass is 294 g/mol. The minimum Gasteiger partial charge on any atom is -0.481 e. The number of aliphatic hydroxyl groups excluding tert-OH is 1. The number of aliphatic carboxylic acids is 1. The minimum absolute atomic E-state index is 0.00742. The van der Waals surface area contributed by atoms with Crippen LogP contribution in [0.1, 0.15) is 25.8 Å². The quantitative estimate of drug-likeness (QED) is 0.717. The highest BCUT2D eigenvalue weighted by Crippen LogP contribution is 2.12. The molecule has 0 atom stereocenters. The highest BCUT2D eigenvalue weighted by atomic mass is 16.4. The third-order valence-corrected chi connectivity index (χ3v) is 3.06. The molecule has 21 heavy (non-hydrogen) atoms. The number of carboxylic acid groups (broad SMARTS) is 1. The minimum atomic E-state index is -0.830. The van der Waals surface area contributed by atoms with Crippen molar-refractivity contribution in [2.24, 2.45) is 0 Å². The number of carboxylic acids is 1. The van der Waals surface area contributed by atoms with Crippen LogP contribution in [0.25, 0.3) is 0 Å². The third kappa shape index (κ3) is 5.83. The van der Waals surface area contributed by atoms with E-state index in [0.29, 0.717) is 12.1 Å². The van der Waals surface area contributed by atoms with Crippen LogP contribution in [0, 0.1) is 0 Å². The predicted molar refractivity (Wildman–Crippen MR) is 80.3 cm³/mol. The van der Waals surface area contributed by atoms with Gasteiger partial charge in [0.15, 0.2) is 0 Å². The molecule has 0 aliphatic heterocycles. The topological polar surface area (TPSA) is 89.9 Å². The van der Waals surface area contributed by atoms with Crippen LogP contribution >= 0.6 is 0 Å². The lowest BCUT2D eigenvalue weighted by atomic mass is 10.1. The van der Waals surface area contributed by atoms with Crippen LogP contribution in [0.4, 0.5) is 10.5 Å². The van der Waals surface area contributed by atoms with E-state index in [9.17, 15) is 9.59 Å². The van der Waals surface area contributed by atoms with E-state index in [4.69, 9.17) is 10.2 Å². The molecule has 2 amide bonds. The molecule has 0 unspecified atom stereocenters. The Morgan fingerprint density at radius 3 is 2.33 bits per heavy atom. The van der Waals surface area contributed by atoms with Crippen molar-refractivity contribution in [2.75, 3.05) is 18.5 Å². The number of hydrogen-bond acceptors (Lipinski definition) is 3. The highest BCUT2D eigenvalue weighted by Gasteiger charge is 2.16. The molecule has 6 heteroatoms. The van der Waals surface area contributed by atoms with Gasteiger partial charge in [0.25, 0.3) is 0 Å². The fourth-order valence-corrected chi connectivity index (χ4v) is 1.90. The molecule has 0 aliphatic rings. The summed E-state index contributed by atoms with van der Waals surface area (Å²) in [5.41, 5.74) is 1.55. The van der Waals surface area contributed by atoms with E-state index in [-0.39, 0.29) is 31.6 Å². The molecule has 6 nitrogen and oxygen atoms in total. The number of nitrogens with one attached hydrogen (secondary N) is 1. The second kappa shape index (κ2) is 8.26. The van der Waals surface area contributed by atoms with Crippen LogP contribution in [0.3, 0.4) is 0 Å². The standard InChI is InChI=1S/C15H22N2O4/c1-11(2)17(9-10-18)15(21)16-13-6-3-12(4-7-13)5-8-14(19)20/h3-4,6-7,11,18H,5,8-10H2,1-2H3,(H,16,21)(H,19,20). The number of aliphatic hydroxyl groups is 1. The lowest BCUT2D eigenvalue weighted by molar-refractivity contribution is -0.136. The van der Waals surface area contributed by atoms with Gasteiger partial charge in [0.2, 0.25) is 0 Å². The first-order chi connectivity index (χ1) is 9.93. The number of rotatable bonds is 7. The number of urea groups is 1. The van der Waals surface area contributed by atoms with E-state index in [1.54, 1.807) is 29.2 Å². The van der Waals surface area contributed by atoms with Gasteiger partial charge in [-0.3, -0.25) is 4.79 Å². The van der Waals surface area contributed by atoms with Crippen molar-refractivity contribution < 1.29 is 19.8 Å². The van der Waals surface area contributed by atoms with E-state index in [1.165, 1.54) is 0 Å². The van der Waals surface area contributed by atoms with Crippen LogP contribution in [0.2, 0.25) is 0 Å². The number of aryl methyl sites for hydroxylation is 1. The summed E-state index contributed by atoms with van der Waals surface area (Å²) < 4.78 is 0. The number of carbonyl (C=O) groups excluding carboxylic acids is 1. The molecule has 0 heterocycles. The van der Waals surface area contributed by atoms with Gasteiger partial charge in [-0.25, -0.2) is 4.79 Å². The van der Waals surface area contributed by atoms with Crippen molar-refractivity contribution in [1.29, 1.82) is 0 Å². The normalized spacial score (nSPS) is 10.5. The number of amides is 2. The van der Waals surface area contributed by atoms with Gasteiger partial charge in [-0.05, 0) is 38.0 Å². The summed E-state index contributed by atoms with van der Waals surface area (Å²) in [5.74, 6) is -0.830. The fraction of sp³-hybridized carbons (Fsp3) is 0.467. The molecule has 0 fully saturated rings. The Morgan fingerprint density at radius 1 is 1.24 bits per heavy atom. The molecule has 0 spiro atoms. The second-order valence-corrected chi connectivity index (χ2v) is 5.03. The molecule has 0 aliphatic carbocycles. The summed E-state index contributed by atoms with van der Waals surface area (Å²) in [6, 6.07) is 6.80. The Hall–Kier alpha value is -2.08. The lowest BCUT2D eigenvalue weighted by Gasteiger charge is -2.26. The van der Waals surface area contributed by atoms with Crippen molar-refractivity contribution in [3.05, 3.63) is 29.8 Å². The number of nitrogens with zero attached hydrogens (tertiary/aromatic N) is 1. The first kappa shape index (κ1) is 17.0. The van der Waals surface area contributed by atoms with E-state index >= 15 is 0 Å². The summed E-state index contributed by atoms with van der Waals surface area (Å²) in [4.78, 5) is 24.1. The second-order valence-electron chi connectivity index (χ2n) is 5.03. The Balaban J connectivity index is 2.61. The summed E-state index contributed by atoms with van der Waals surface area (Å²) in [6.07, 6.45) is 0.551. The van der Waals surface area contributed by atoms with Crippen LogP contribution in [0.5, 0.6) is 0 Å². The molecule has 0 bridgehead atoms. The molecule has 0 saturated heterocycles. The molecule has 116 valence electrons. The summed E-state index contributed by atoms with van der Waals surface area (Å²) in [7, 11) is 0. The highest BCUT2D eigenvalue weighted by molar-refractivity contribution is 5.89. The van der Waals surface area contributed by atoms with Crippen molar-refractivity contribution in [1.82, 2.24) is 4.90 Å². The molecular formula is C15H22N2O4. The van der Waals surface area contributed by atoms with Gasteiger partial charge < -0.3 is 20.4 Å². The Kier molecular flexibility index (Phi) is 6.68. The zero-order valence-electron chi connectivity index (χ0n) is 12.4. The zero-order chi connectivity index (χ0) is 15.8. The molecule has 1 rings (SSSR count). The van der Waals surface area contributed by atoms with Crippen molar-refractivity contribution >= 4 is 17.7 Å². The Morgan fingerprint density at radius 2 is 1.86 bits per heavy atom. The summed E-state index contributed by atoms with van der Waals surface area (Å²) >= 11 is 0. The predicted octanol–water partition coefficient (Wildman–Crippen LogP) is 1.94. The average molecular weight is 294 g/mol. The van der Waals surface area contributed by atoms with E-state index in [1.807, 2.05) is 13.8 Å². The molecular weight excluding hydrogens is 272 g/mol. The Labute approximate surface area is 124 Å². The zero-order valence-corrected chi connectivity index (χ0v) is 12.4. The maximum Gasteiger partial charge on any atom is 0.322 e. The number of benzene rings is 1. The van der Waals surface area contributed by atoms with Gasteiger partial charge in [-0.1, -0.05) is 12.1 Å². The first-order valence-corrected chi connectivity index (χ1v) is 6.93. The van der Waals surface area contributed by atoms with Crippen molar-refractivity contribution in [3.8, 4) is 0 Å². The molecule has 0 aromatic heterocycles. The molecule has 1 aromatic rings. The van der Waals surface area contributed by atoms with Crippen LogP contribution in [-0.2, 0) is 11.2 Å². The average Bonchev–Trinajstić information content (AvgIpc) is 2.43. The van der Waals surface area contributed by atoms with Crippen LogP contribution in [-0.4, -0.2) is 46.3 Å². The van der Waals surface area contributed by atoms with Gasteiger partial charge in [0, 0.05) is 24.7 Å². The molecule has 1 aromatic carbocycles. The number of anilines is 1. The SMILES string of the molecule is CC(C)N(CCO)C(=O)Nc1ccc(CCC(=O)O)cc1. The maximum absolute atomic E-state index is 12.1. The molecule has 3 N–H and O–H groups in total. The van der Waals surface area contributed by atoms with Gasteiger partial charge in [-0.15, -0.1) is 0 Å². The third-order valence-electron chi connectivity index (χ3n) is 3.06. The fourth-order valence-electron chi connectivity index (χ4n) is 1.90. The van der Waals surface area contributed by atoms with Gasteiger partial charge in [0.1, 0.15) is 0 Å². The van der Waals surface area contributed by atoms with Crippen molar-refractivity contribution in [3.63, 3.8) is 0 Å². The largest absolute Gasteiger partial charge is 0.481 e.